The van der Waals surface area contributed by atoms with Gasteiger partial charge in [0.15, 0.2) is 0 Å². The van der Waals surface area contributed by atoms with Gasteiger partial charge in [-0.15, -0.1) is 0 Å². The van der Waals surface area contributed by atoms with Crippen molar-refractivity contribution in [1.82, 2.24) is 9.80 Å². The number of nitrogens with zero attached hydrogens (tertiary/aromatic N) is 2. The number of benzene rings is 1. The normalized spacial score (nSPS) is 21.2. The lowest BCUT2D eigenvalue weighted by Gasteiger charge is -2.42. The number of hydrogen-bond acceptors (Lipinski definition) is 2. The molecular weight excluding hydrogens is 422 g/mol. The van der Waals surface area contributed by atoms with Crippen molar-refractivity contribution in [2.45, 2.75) is 109 Å². The van der Waals surface area contributed by atoms with Gasteiger partial charge in [-0.1, -0.05) is 84.4 Å². The maximum absolute atomic E-state index is 13.7. The second-order valence-corrected chi connectivity index (χ2v) is 11.7. The van der Waals surface area contributed by atoms with Crippen LogP contribution in [0.1, 0.15) is 115 Å². The van der Waals surface area contributed by atoms with Gasteiger partial charge in [-0.2, -0.15) is 0 Å². The fourth-order valence-corrected chi connectivity index (χ4v) is 6.59. The quantitative estimate of drug-likeness (QED) is 0.474. The molecule has 2 aliphatic carbocycles. The number of para-hydroxylation sites is 1. The summed E-state index contributed by atoms with van der Waals surface area (Å²) in [6, 6.07) is 6.38. The van der Waals surface area contributed by atoms with Gasteiger partial charge in [-0.05, 0) is 54.6 Å². The first-order chi connectivity index (χ1) is 16.3. The number of carbonyl (C=O) groups excluding carboxylic acids is 2. The minimum absolute atomic E-state index is 0.0635. The summed E-state index contributed by atoms with van der Waals surface area (Å²) in [5.74, 6) is 1.18. The van der Waals surface area contributed by atoms with Crippen molar-refractivity contribution in [3.05, 3.63) is 29.3 Å². The summed E-state index contributed by atoms with van der Waals surface area (Å²) in [6.45, 7) is 10.4. The molecule has 5 heteroatoms. The second-order valence-electron chi connectivity index (χ2n) is 11.7. The lowest BCUT2D eigenvalue weighted by molar-refractivity contribution is -0.116. The number of amides is 3. The average molecular weight is 468 g/mol. The molecule has 5 nitrogen and oxygen atoms in total. The van der Waals surface area contributed by atoms with Crippen LogP contribution in [0.15, 0.2) is 18.2 Å². The molecule has 0 bridgehead atoms. The van der Waals surface area contributed by atoms with Crippen molar-refractivity contribution in [1.29, 1.82) is 0 Å². The minimum atomic E-state index is -0.0752. The van der Waals surface area contributed by atoms with E-state index in [2.05, 4.69) is 56.1 Å². The molecule has 1 heterocycles. The fraction of sp³-hybridized carbons (Fsp3) is 0.724. The van der Waals surface area contributed by atoms with Gasteiger partial charge in [0.1, 0.15) is 6.54 Å². The van der Waals surface area contributed by atoms with E-state index >= 15 is 0 Å². The first-order valence-electron chi connectivity index (χ1n) is 13.8. The molecule has 1 N–H and O–H groups in total. The number of nitrogens with one attached hydrogen (secondary N) is 1. The van der Waals surface area contributed by atoms with Crippen LogP contribution in [0, 0.1) is 5.92 Å². The average Bonchev–Trinajstić information content (AvgIpc) is 3.05. The summed E-state index contributed by atoms with van der Waals surface area (Å²) in [6.07, 6.45) is 12.2. The third-order valence-corrected chi connectivity index (χ3v) is 8.48. The summed E-state index contributed by atoms with van der Waals surface area (Å²) in [5.41, 5.74) is 3.20. The predicted molar refractivity (Wildman–Crippen MR) is 139 cm³/mol. The third kappa shape index (κ3) is 5.28. The Labute approximate surface area is 206 Å². The van der Waals surface area contributed by atoms with Gasteiger partial charge in [-0.25, -0.2) is 4.79 Å². The van der Waals surface area contributed by atoms with Crippen LogP contribution in [0.25, 0.3) is 0 Å². The van der Waals surface area contributed by atoms with Crippen LogP contribution in [-0.2, 0) is 4.79 Å². The molecule has 0 radical (unpaired) electrons. The van der Waals surface area contributed by atoms with Crippen molar-refractivity contribution in [3.63, 3.8) is 0 Å². The highest BCUT2D eigenvalue weighted by Gasteiger charge is 2.50. The molecule has 0 unspecified atom stereocenters. The van der Waals surface area contributed by atoms with E-state index in [0.29, 0.717) is 24.3 Å². The smallest absolute Gasteiger partial charge is 0.321 e. The molecule has 3 amide bonds. The maximum atomic E-state index is 13.7. The van der Waals surface area contributed by atoms with Gasteiger partial charge in [0.25, 0.3) is 0 Å². The number of urea groups is 1. The molecule has 1 saturated heterocycles. The Morgan fingerprint density at radius 3 is 2.15 bits per heavy atom. The molecule has 3 aliphatic rings. The highest BCUT2D eigenvalue weighted by molar-refractivity contribution is 5.96. The van der Waals surface area contributed by atoms with Crippen LogP contribution >= 0.6 is 0 Å². The van der Waals surface area contributed by atoms with Gasteiger partial charge in [0, 0.05) is 18.8 Å². The lowest BCUT2D eigenvalue weighted by atomic mass is 9.80. The van der Waals surface area contributed by atoms with E-state index in [-0.39, 0.29) is 24.0 Å². The van der Waals surface area contributed by atoms with Crippen LogP contribution in [-0.4, -0.2) is 46.9 Å². The molecule has 0 aromatic heterocycles. The Morgan fingerprint density at radius 2 is 1.56 bits per heavy atom. The summed E-state index contributed by atoms with van der Waals surface area (Å²) < 4.78 is 0. The molecule has 1 aromatic rings. The fourth-order valence-electron chi connectivity index (χ4n) is 6.59. The number of hydrogen-bond donors (Lipinski definition) is 1. The van der Waals surface area contributed by atoms with Crippen molar-refractivity contribution in [2.24, 2.45) is 5.92 Å². The van der Waals surface area contributed by atoms with Gasteiger partial charge < -0.3 is 15.1 Å². The van der Waals surface area contributed by atoms with Gasteiger partial charge in [0.2, 0.25) is 5.91 Å². The third-order valence-electron chi connectivity index (χ3n) is 8.48. The summed E-state index contributed by atoms with van der Waals surface area (Å²) in [4.78, 5) is 31.0. The van der Waals surface area contributed by atoms with E-state index in [1.807, 2.05) is 4.90 Å². The molecule has 1 aliphatic heterocycles. The zero-order valence-electron chi connectivity index (χ0n) is 21.9. The predicted octanol–water partition coefficient (Wildman–Crippen LogP) is 6.89. The second kappa shape index (κ2) is 10.7. The number of carbonyl (C=O) groups is 2. The Morgan fingerprint density at radius 1 is 0.971 bits per heavy atom. The van der Waals surface area contributed by atoms with Crippen LogP contribution < -0.4 is 5.32 Å². The topological polar surface area (TPSA) is 52.7 Å². The lowest BCUT2D eigenvalue weighted by Crippen LogP contribution is -2.50. The molecular formula is C29H45N3O2. The highest BCUT2D eigenvalue weighted by Crippen LogP contribution is 2.41. The van der Waals surface area contributed by atoms with Gasteiger partial charge >= 0.3 is 6.03 Å². The Kier molecular flexibility index (Phi) is 7.89. The monoisotopic (exact) mass is 467 g/mol. The first kappa shape index (κ1) is 25.1. The molecule has 0 atom stereocenters. The molecule has 2 saturated carbocycles. The van der Waals surface area contributed by atoms with Crippen molar-refractivity contribution >= 4 is 17.6 Å². The SMILES string of the molecule is CC(C)c1cccc(C(C)C)c1NC(=O)CN1CC2(CCCCC2)N(CC2CCCCC2)C1=O. The maximum Gasteiger partial charge on any atom is 0.321 e. The minimum Gasteiger partial charge on any atom is -0.324 e. The Bertz CT molecular complexity index is 840. The first-order valence-corrected chi connectivity index (χ1v) is 13.8. The molecule has 34 heavy (non-hydrogen) atoms. The molecule has 1 spiro atoms. The zero-order valence-corrected chi connectivity index (χ0v) is 21.9. The van der Waals surface area contributed by atoms with Crippen LogP contribution in [0.3, 0.4) is 0 Å². The molecule has 3 fully saturated rings. The summed E-state index contributed by atoms with van der Waals surface area (Å²) in [7, 11) is 0. The van der Waals surface area contributed by atoms with Gasteiger partial charge in [0.05, 0.1) is 5.54 Å². The van der Waals surface area contributed by atoms with E-state index in [1.165, 1.54) is 51.4 Å². The number of anilines is 1. The van der Waals surface area contributed by atoms with E-state index < -0.39 is 0 Å². The Hall–Kier alpha value is -2.04. The van der Waals surface area contributed by atoms with Crippen LogP contribution in [0.4, 0.5) is 10.5 Å². The highest BCUT2D eigenvalue weighted by atomic mass is 16.2. The molecule has 4 rings (SSSR count). The van der Waals surface area contributed by atoms with Crippen molar-refractivity contribution in [3.8, 4) is 0 Å². The van der Waals surface area contributed by atoms with E-state index in [4.69, 9.17) is 0 Å². The zero-order chi connectivity index (χ0) is 24.3. The van der Waals surface area contributed by atoms with Crippen LogP contribution in [0.2, 0.25) is 0 Å². The van der Waals surface area contributed by atoms with E-state index in [1.54, 1.807) is 0 Å². The van der Waals surface area contributed by atoms with Gasteiger partial charge in [-0.3, -0.25) is 4.79 Å². The van der Waals surface area contributed by atoms with Crippen molar-refractivity contribution < 1.29 is 9.59 Å². The molecule has 1 aromatic carbocycles. The van der Waals surface area contributed by atoms with Crippen LogP contribution in [0.5, 0.6) is 0 Å². The summed E-state index contributed by atoms with van der Waals surface area (Å²) in [5, 5.41) is 3.23. The largest absolute Gasteiger partial charge is 0.324 e. The molecule has 188 valence electrons. The van der Waals surface area contributed by atoms with Crippen molar-refractivity contribution in [2.75, 3.05) is 25.0 Å². The van der Waals surface area contributed by atoms with E-state index in [0.717, 1.165) is 36.2 Å². The Balaban J connectivity index is 1.50. The van der Waals surface area contributed by atoms with E-state index in [9.17, 15) is 9.59 Å². The summed E-state index contributed by atoms with van der Waals surface area (Å²) >= 11 is 0. The standard InChI is InChI=1S/C29H45N3O2/c1-21(2)24-14-11-15-25(22(3)4)27(24)30-26(33)19-31-20-29(16-9-6-10-17-29)32(28(31)34)18-23-12-7-5-8-13-23/h11,14-15,21-23H,5-10,12-13,16-20H2,1-4H3,(H,30,33). The number of rotatable bonds is 7.